The monoisotopic (exact) mass is 395 g/mol. The summed E-state index contributed by atoms with van der Waals surface area (Å²) in [6, 6.07) is 13.5. The van der Waals surface area contributed by atoms with E-state index in [0.717, 1.165) is 29.9 Å². The maximum atomic E-state index is 14.6. The summed E-state index contributed by atoms with van der Waals surface area (Å²) in [4.78, 5) is 23.0. The smallest absolute Gasteiger partial charge is 0.298 e. The Hall–Kier alpha value is -3.74. The van der Waals surface area contributed by atoms with Crippen molar-refractivity contribution in [3.63, 3.8) is 0 Å². The van der Waals surface area contributed by atoms with Gasteiger partial charge in [-0.2, -0.15) is 0 Å². The molecule has 146 valence electrons. The molecule has 3 aromatic rings. The highest BCUT2D eigenvalue weighted by Crippen LogP contribution is 2.33. The van der Waals surface area contributed by atoms with Gasteiger partial charge in [0.15, 0.2) is 0 Å². The summed E-state index contributed by atoms with van der Waals surface area (Å²) in [5.41, 5.74) is 1.37. The minimum absolute atomic E-state index is 0.0159. The van der Waals surface area contributed by atoms with Crippen LogP contribution in [0.3, 0.4) is 0 Å². The molecule has 3 aromatic carbocycles. The number of rotatable bonds is 5. The second kappa shape index (κ2) is 7.71. The second-order valence-corrected chi connectivity index (χ2v) is 6.40. The number of nitrogens with one attached hydrogen (secondary N) is 1. The highest BCUT2D eigenvalue weighted by atomic mass is 19.1. The molecule has 0 radical (unpaired) electrons. The van der Waals surface area contributed by atoms with Gasteiger partial charge < -0.3 is 14.8 Å². The molecule has 1 aliphatic rings. The largest absolute Gasteiger partial charge is 0.493 e. The third-order valence-electron chi connectivity index (χ3n) is 4.61. The molecule has 0 aromatic heterocycles. The Morgan fingerprint density at radius 2 is 1.79 bits per heavy atom. The molecule has 0 saturated carbocycles. The molecule has 5 nitrogen and oxygen atoms in total. The van der Waals surface area contributed by atoms with Crippen molar-refractivity contribution in [3.8, 4) is 22.6 Å². The molecule has 0 aliphatic carbocycles. The Balaban J connectivity index is 1.63. The van der Waals surface area contributed by atoms with Crippen LogP contribution < -0.4 is 14.8 Å². The Morgan fingerprint density at radius 1 is 1.03 bits per heavy atom. The van der Waals surface area contributed by atoms with Crippen LogP contribution in [0, 0.1) is 11.6 Å². The number of halogens is 2. The number of carbonyl (C=O) groups is 2. The number of hydrogen-bond donors (Lipinski definition) is 1. The van der Waals surface area contributed by atoms with E-state index in [4.69, 9.17) is 9.47 Å². The first kappa shape index (κ1) is 18.6. The van der Waals surface area contributed by atoms with E-state index in [1.165, 1.54) is 12.1 Å². The average Bonchev–Trinajstić information content (AvgIpc) is 3.19. The van der Waals surface area contributed by atoms with Crippen molar-refractivity contribution in [2.45, 2.75) is 6.42 Å². The number of fused-ring (bicyclic) bond motifs is 1. The Bertz CT molecular complexity index is 1090. The van der Waals surface area contributed by atoms with Crippen LogP contribution in [-0.2, 0) is 11.2 Å². The Kier molecular flexibility index (Phi) is 4.95. The van der Waals surface area contributed by atoms with Gasteiger partial charge in [0.05, 0.1) is 12.2 Å². The molecule has 1 aliphatic heterocycles. The molecule has 29 heavy (non-hydrogen) atoms. The SMILES string of the molecule is O=COc1ccccc1C(=O)Nc1c(F)cc(-c2ccc3c(c2)CCO3)cc1F. The summed E-state index contributed by atoms with van der Waals surface area (Å²) in [7, 11) is 0. The number of para-hydroxylation sites is 1. The van der Waals surface area contributed by atoms with Gasteiger partial charge in [-0.05, 0) is 53.1 Å². The molecule has 0 saturated heterocycles. The van der Waals surface area contributed by atoms with E-state index in [1.54, 1.807) is 24.3 Å². The van der Waals surface area contributed by atoms with E-state index in [-0.39, 0.29) is 17.8 Å². The number of amides is 1. The minimum atomic E-state index is -0.918. The van der Waals surface area contributed by atoms with Gasteiger partial charge in [0.2, 0.25) is 0 Å². The average molecular weight is 395 g/mol. The van der Waals surface area contributed by atoms with Crippen molar-refractivity contribution < 1.29 is 27.8 Å². The first-order chi connectivity index (χ1) is 14.1. The number of carbonyl (C=O) groups excluding carboxylic acids is 2. The van der Waals surface area contributed by atoms with Crippen LogP contribution in [0.15, 0.2) is 54.6 Å². The van der Waals surface area contributed by atoms with Gasteiger partial charge in [-0.15, -0.1) is 0 Å². The van der Waals surface area contributed by atoms with E-state index in [2.05, 4.69) is 5.32 Å². The lowest BCUT2D eigenvalue weighted by Gasteiger charge is -2.12. The lowest BCUT2D eigenvalue weighted by atomic mass is 10.0. The molecule has 0 atom stereocenters. The third-order valence-corrected chi connectivity index (χ3v) is 4.61. The fourth-order valence-corrected chi connectivity index (χ4v) is 3.22. The van der Waals surface area contributed by atoms with Gasteiger partial charge >= 0.3 is 0 Å². The molecule has 7 heteroatoms. The van der Waals surface area contributed by atoms with Crippen LogP contribution >= 0.6 is 0 Å². The molecular weight excluding hydrogens is 380 g/mol. The van der Waals surface area contributed by atoms with Gasteiger partial charge in [-0.3, -0.25) is 9.59 Å². The van der Waals surface area contributed by atoms with Crippen LogP contribution in [-0.4, -0.2) is 19.0 Å². The summed E-state index contributed by atoms with van der Waals surface area (Å²) in [6.45, 7) is 0.755. The van der Waals surface area contributed by atoms with Crippen molar-refractivity contribution in [1.82, 2.24) is 0 Å². The molecule has 0 spiro atoms. The lowest BCUT2D eigenvalue weighted by Crippen LogP contribution is -2.15. The molecule has 1 amide bonds. The number of hydrogen-bond acceptors (Lipinski definition) is 4. The highest BCUT2D eigenvalue weighted by Gasteiger charge is 2.19. The normalized spacial score (nSPS) is 12.1. The standard InChI is InChI=1S/C22H15F2NO4/c23-17-10-15(13-5-6-19-14(9-13)7-8-28-19)11-18(24)21(17)25-22(27)16-3-1-2-4-20(16)29-12-26/h1-6,9-12H,7-8H2,(H,25,27). The van der Waals surface area contributed by atoms with Crippen LogP contribution in [0.4, 0.5) is 14.5 Å². The third kappa shape index (κ3) is 3.67. The van der Waals surface area contributed by atoms with Gasteiger partial charge in [0, 0.05) is 6.42 Å². The predicted molar refractivity (Wildman–Crippen MR) is 102 cm³/mol. The quantitative estimate of drug-likeness (QED) is 0.653. The van der Waals surface area contributed by atoms with E-state index >= 15 is 0 Å². The summed E-state index contributed by atoms with van der Waals surface area (Å²) >= 11 is 0. The van der Waals surface area contributed by atoms with E-state index in [1.807, 2.05) is 6.07 Å². The van der Waals surface area contributed by atoms with Crippen LogP contribution in [0.2, 0.25) is 0 Å². The van der Waals surface area contributed by atoms with Gasteiger partial charge in [0.1, 0.15) is 28.8 Å². The van der Waals surface area contributed by atoms with Crippen LogP contribution in [0.5, 0.6) is 11.5 Å². The van der Waals surface area contributed by atoms with E-state index in [9.17, 15) is 18.4 Å². The van der Waals surface area contributed by atoms with Crippen LogP contribution in [0.1, 0.15) is 15.9 Å². The number of ether oxygens (including phenoxy) is 2. The van der Waals surface area contributed by atoms with E-state index in [0.29, 0.717) is 17.7 Å². The molecule has 0 unspecified atom stereocenters. The van der Waals surface area contributed by atoms with Crippen molar-refractivity contribution in [1.29, 1.82) is 0 Å². The minimum Gasteiger partial charge on any atom is -0.493 e. The van der Waals surface area contributed by atoms with Crippen molar-refractivity contribution >= 4 is 18.1 Å². The summed E-state index contributed by atoms with van der Waals surface area (Å²) in [5.74, 6) is -1.88. The van der Waals surface area contributed by atoms with Crippen molar-refractivity contribution in [2.75, 3.05) is 11.9 Å². The Morgan fingerprint density at radius 3 is 2.55 bits per heavy atom. The molecular formula is C22H15F2NO4. The maximum Gasteiger partial charge on any atom is 0.298 e. The molecule has 1 N–H and O–H groups in total. The van der Waals surface area contributed by atoms with Gasteiger partial charge in [0.25, 0.3) is 12.4 Å². The predicted octanol–water partition coefficient (Wildman–Crippen LogP) is 4.35. The first-order valence-corrected chi connectivity index (χ1v) is 8.82. The zero-order chi connectivity index (χ0) is 20.4. The summed E-state index contributed by atoms with van der Waals surface area (Å²) < 4.78 is 39.4. The maximum absolute atomic E-state index is 14.6. The van der Waals surface area contributed by atoms with Crippen molar-refractivity contribution in [3.05, 3.63) is 77.4 Å². The zero-order valence-corrected chi connectivity index (χ0v) is 15.1. The fourth-order valence-electron chi connectivity index (χ4n) is 3.22. The number of anilines is 1. The summed E-state index contributed by atoms with van der Waals surface area (Å²) in [6.07, 6.45) is 0.741. The number of benzene rings is 3. The summed E-state index contributed by atoms with van der Waals surface area (Å²) in [5, 5.41) is 2.21. The van der Waals surface area contributed by atoms with Crippen LogP contribution in [0.25, 0.3) is 11.1 Å². The topological polar surface area (TPSA) is 64.6 Å². The first-order valence-electron chi connectivity index (χ1n) is 8.82. The highest BCUT2D eigenvalue weighted by molar-refractivity contribution is 6.06. The fraction of sp³-hybridized carbons (Fsp3) is 0.0909. The van der Waals surface area contributed by atoms with E-state index < -0.39 is 23.2 Å². The zero-order valence-electron chi connectivity index (χ0n) is 15.1. The lowest BCUT2D eigenvalue weighted by molar-refractivity contribution is -0.120. The van der Waals surface area contributed by atoms with Crippen molar-refractivity contribution in [2.24, 2.45) is 0 Å². The van der Waals surface area contributed by atoms with Gasteiger partial charge in [-0.25, -0.2) is 8.78 Å². The molecule has 1 heterocycles. The second-order valence-electron chi connectivity index (χ2n) is 6.40. The van der Waals surface area contributed by atoms with Gasteiger partial charge in [-0.1, -0.05) is 18.2 Å². The Labute approximate surface area is 164 Å². The molecule has 0 fully saturated rings. The molecule has 0 bridgehead atoms. The molecule has 4 rings (SSSR count).